The highest BCUT2D eigenvalue weighted by Gasteiger charge is 2.05. The maximum Gasteiger partial charge on any atom is 0.271 e. The molecule has 0 N–H and O–H groups in total. The first-order valence-electron chi connectivity index (χ1n) is 2.94. The third-order valence-electron chi connectivity index (χ3n) is 1.35. The molecule has 0 fully saturated rings. The first kappa shape index (κ1) is 6.48. The highest BCUT2D eigenvalue weighted by molar-refractivity contribution is 6.29. The fraction of sp³-hybridized carbons (Fsp3) is 0.200. The molecule has 0 aromatic carbocycles. The summed E-state index contributed by atoms with van der Waals surface area (Å²) >= 11 is 5.73. The Morgan fingerprint density at radius 2 is 2.45 bits per heavy atom. The Hall–Kier alpha value is -1.23. The van der Waals surface area contributed by atoms with Crippen LogP contribution in [-0.2, 0) is 0 Å². The van der Waals surface area contributed by atoms with Crippen LogP contribution in [0.5, 0.6) is 0 Å². The molecule has 2 aromatic heterocycles. The monoisotopic (exact) mass is 172 g/mol. The van der Waals surface area contributed by atoms with Crippen LogP contribution in [0.15, 0.2) is 12.5 Å². The van der Waals surface area contributed by atoms with Gasteiger partial charge in [-0.05, 0) is 0 Å². The summed E-state index contributed by atoms with van der Waals surface area (Å²) in [6, 6.07) is 0. The summed E-state index contributed by atoms with van der Waals surface area (Å²) in [4.78, 5) is 10.1. The van der Waals surface area contributed by atoms with E-state index in [0.29, 0.717) is 10.9 Å². The van der Waals surface area contributed by atoms with E-state index in [1.165, 1.54) is 24.5 Å². The highest BCUT2D eigenvalue weighted by Crippen LogP contribution is 2.09. The average Bonchev–Trinajstić information content (AvgIpc) is 2.53. The molecule has 0 atom stereocenters. The van der Waals surface area contributed by atoms with Crippen LogP contribution in [0.2, 0.25) is 5.15 Å². The smallest absolute Gasteiger partial charge is 0.271 e. The first-order valence-corrected chi connectivity index (χ1v) is 3.32. The molecule has 0 aliphatic heterocycles. The third kappa shape index (κ3) is 0.775. The first-order chi connectivity index (χ1) is 5.33. The summed E-state index contributed by atoms with van der Waals surface area (Å²) in [7, 11) is 1.51. The number of aromatic nitrogens is 4. The van der Waals surface area contributed by atoms with Crippen molar-refractivity contribution in [2.75, 3.05) is 7.11 Å². The molecule has 2 rings (SSSR count). The van der Waals surface area contributed by atoms with E-state index in [1.807, 2.05) is 0 Å². The maximum absolute atomic E-state index is 5.73. The van der Waals surface area contributed by atoms with E-state index in [1.54, 1.807) is 4.40 Å². The van der Waals surface area contributed by atoms with Crippen molar-refractivity contribution in [3.05, 3.63) is 17.7 Å². The number of hydrogen-bond acceptors (Lipinski definition) is 3. The molecular weight excluding hydrogens is 168 g/mol. The minimum absolute atomic E-state index is 0.517. The van der Waals surface area contributed by atoms with Gasteiger partial charge in [0.05, 0.1) is 6.20 Å². The summed E-state index contributed by atoms with van der Waals surface area (Å²) in [5.74, 6) is 0.567. The lowest BCUT2D eigenvalue weighted by molar-refractivity contribution is 0.143. The van der Waals surface area contributed by atoms with Crippen molar-refractivity contribution in [1.29, 1.82) is 0 Å². The van der Waals surface area contributed by atoms with Crippen LogP contribution < -0.4 is 4.84 Å². The fourth-order valence-electron chi connectivity index (χ4n) is 0.858. The fourth-order valence-corrected chi connectivity index (χ4v) is 1.03. The van der Waals surface area contributed by atoms with Gasteiger partial charge in [-0.2, -0.15) is 0 Å². The molecule has 0 bridgehead atoms. The van der Waals surface area contributed by atoms with E-state index in [0.717, 1.165) is 0 Å². The second-order valence-corrected chi connectivity index (χ2v) is 2.32. The summed E-state index contributed by atoms with van der Waals surface area (Å²) < 4.78 is 1.62. The molecule has 58 valence electrons. The third-order valence-corrected chi connectivity index (χ3v) is 1.63. The number of hydrogen-bond donors (Lipinski definition) is 0. The Morgan fingerprint density at radius 1 is 1.64 bits per heavy atom. The van der Waals surface area contributed by atoms with Gasteiger partial charge in [0.25, 0.3) is 5.78 Å². The van der Waals surface area contributed by atoms with E-state index in [-0.39, 0.29) is 0 Å². The molecular formula is C5H5ClN4O. The van der Waals surface area contributed by atoms with Crippen molar-refractivity contribution in [3.63, 3.8) is 0 Å². The maximum atomic E-state index is 5.73. The second kappa shape index (κ2) is 2.13. The van der Waals surface area contributed by atoms with Crippen molar-refractivity contribution >= 4 is 17.4 Å². The molecule has 2 aromatic rings. The minimum Gasteiger partial charge on any atom is -0.397 e. The molecule has 0 amide bonds. The van der Waals surface area contributed by atoms with Crippen molar-refractivity contribution in [2.24, 2.45) is 0 Å². The van der Waals surface area contributed by atoms with Crippen molar-refractivity contribution in [3.8, 4) is 0 Å². The topological polar surface area (TPSA) is 44.4 Å². The molecule has 2 heterocycles. The van der Waals surface area contributed by atoms with Crippen LogP contribution in [0.25, 0.3) is 5.78 Å². The van der Waals surface area contributed by atoms with Crippen LogP contribution in [0.1, 0.15) is 0 Å². The largest absolute Gasteiger partial charge is 0.397 e. The van der Waals surface area contributed by atoms with E-state index in [9.17, 15) is 0 Å². The van der Waals surface area contributed by atoms with Crippen LogP contribution in [0, 0.1) is 0 Å². The van der Waals surface area contributed by atoms with Crippen molar-refractivity contribution in [1.82, 2.24) is 19.3 Å². The minimum atomic E-state index is 0.517. The molecule has 11 heavy (non-hydrogen) atoms. The molecule has 0 saturated heterocycles. The Balaban J connectivity index is 2.77. The Bertz CT molecular complexity index is 379. The molecule has 0 saturated carbocycles. The number of rotatable bonds is 1. The Morgan fingerprint density at radius 3 is 3.18 bits per heavy atom. The zero-order chi connectivity index (χ0) is 7.84. The van der Waals surface area contributed by atoms with Gasteiger partial charge in [0.1, 0.15) is 18.6 Å². The summed E-state index contributed by atoms with van der Waals surface area (Å²) in [6.07, 6.45) is 3.07. The van der Waals surface area contributed by atoms with Gasteiger partial charge < -0.3 is 4.84 Å². The predicted octanol–water partition coefficient (Wildman–Crippen LogP) is 0.243. The number of fused-ring (bicyclic) bond motifs is 1. The van der Waals surface area contributed by atoms with E-state index in [4.69, 9.17) is 16.4 Å². The highest BCUT2D eigenvalue weighted by atomic mass is 35.5. The Labute approximate surface area is 67.1 Å². The molecule has 0 aliphatic carbocycles. The Kier molecular flexibility index (Phi) is 1.25. The normalized spacial score (nSPS) is 10.7. The van der Waals surface area contributed by atoms with Gasteiger partial charge in [-0.1, -0.05) is 16.4 Å². The van der Waals surface area contributed by atoms with Crippen LogP contribution in [0.4, 0.5) is 0 Å². The van der Waals surface area contributed by atoms with E-state index in [2.05, 4.69) is 10.1 Å². The molecule has 0 spiro atoms. The van der Waals surface area contributed by atoms with Crippen LogP contribution in [-0.4, -0.2) is 26.4 Å². The van der Waals surface area contributed by atoms with Gasteiger partial charge >= 0.3 is 0 Å². The summed E-state index contributed by atoms with van der Waals surface area (Å²) in [6.45, 7) is 0. The van der Waals surface area contributed by atoms with Crippen LogP contribution >= 0.6 is 11.6 Å². The molecule has 5 nitrogen and oxygen atoms in total. The second-order valence-electron chi connectivity index (χ2n) is 1.94. The van der Waals surface area contributed by atoms with E-state index < -0.39 is 0 Å². The number of imidazole rings is 1. The van der Waals surface area contributed by atoms with Gasteiger partial charge in [0, 0.05) is 0 Å². The van der Waals surface area contributed by atoms with Gasteiger partial charge in [0.2, 0.25) is 0 Å². The quantitative estimate of drug-likeness (QED) is 0.619. The SMILES string of the molecule is COn1ncn2c(Cl)cnc12. The molecule has 0 aliphatic rings. The summed E-state index contributed by atoms with van der Waals surface area (Å²) in [5.41, 5.74) is 0. The standard InChI is InChI=1S/C5H5ClN4O/c1-11-10-5-7-2-4(6)9(5)3-8-10/h2-3H,1H3. The summed E-state index contributed by atoms with van der Waals surface area (Å²) in [5, 5.41) is 4.36. The lowest BCUT2D eigenvalue weighted by Crippen LogP contribution is -2.07. The van der Waals surface area contributed by atoms with Crippen molar-refractivity contribution < 1.29 is 4.84 Å². The number of nitrogens with zero attached hydrogens (tertiary/aromatic N) is 4. The van der Waals surface area contributed by atoms with Crippen molar-refractivity contribution in [2.45, 2.75) is 0 Å². The molecule has 0 radical (unpaired) electrons. The zero-order valence-corrected chi connectivity index (χ0v) is 6.49. The van der Waals surface area contributed by atoms with Gasteiger partial charge in [0.15, 0.2) is 0 Å². The molecule has 6 heteroatoms. The predicted molar refractivity (Wildman–Crippen MR) is 38.5 cm³/mol. The lowest BCUT2D eigenvalue weighted by atomic mass is 10.9. The average molecular weight is 173 g/mol. The van der Waals surface area contributed by atoms with Gasteiger partial charge in [-0.3, -0.25) is 4.40 Å². The zero-order valence-electron chi connectivity index (χ0n) is 5.73. The lowest BCUT2D eigenvalue weighted by Gasteiger charge is -1.93. The van der Waals surface area contributed by atoms with Gasteiger partial charge in [-0.15, -0.1) is 5.10 Å². The number of halogens is 1. The van der Waals surface area contributed by atoms with Gasteiger partial charge in [-0.25, -0.2) is 4.98 Å². The van der Waals surface area contributed by atoms with Crippen LogP contribution in [0.3, 0.4) is 0 Å². The van der Waals surface area contributed by atoms with E-state index >= 15 is 0 Å². The molecule has 0 unspecified atom stereocenters.